The lowest BCUT2D eigenvalue weighted by molar-refractivity contribution is 0.306. The van der Waals surface area contributed by atoms with Crippen LogP contribution in [0.3, 0.4) is 0 Å². The highest BCUT2D eigenvalue weighted by Crippen LogP contribution is 2.32. The molecule has 41 heavy (non-hydrogen) atoms. The third-order valence-electron chi connectivity index (χ3n) is 8.11. The zero-order valence-electron chi connectivity index (χ0n) is 24.2. The number of fused-ring (bicyclic) bond motifs is 2. The molecule has 6 rings (SSSR count). The number of halogens is 1. The van der Waals surface area contributed by atoms with Crippen molar-refractivity contribution < 1.29 is 9.84 Å². The van der Waals surface area contributed by atoms with Crippen LogP contribution in [-0.2, 0) is 25.9 Å². The lowest BCUT2D eigenvalue weighted by Gasteiger charge is -2.17. The second kappa shape index (κ2) is 15.1. The van der Waals surface area contributed by atoms with Gasteiger partial charge in [0.15, 0.2) is 0 Å². The first-order valence-corrected chi connectivity index (χ1v) is 14.7. The summed E-state index contributed by atoms with van der Waals surface area (Å²) in [5, 5.41) is 17.2. The zero-order chi connectivity index (χ0) is 27.7. The quantitative estimate of drug-likeness (QED) is 0.238. The van der Waals surface area contributed by atoms with Gasteiger partial charge in [0.25, 0.3) is 0 Å². The van der Waals surface area contributed by atoms with E-state index in [0.29, 0.717) is 24.2 Å². The summed E-state index contributed by atoms with van der Waals surface area (Å²) in [6.07, 6.45) is 2.89. The summed E-state index contributed by atoms with van der Waals surface area (Å²) in [4.78, 5) is 0. The Morgan fingerprint density at radius 3 is 2.05 bits per heavy atom. The molecule has 0 amide bonds. The molecule has 4 aromatic rings. The molecule has 0 radical (unpaired) electrons. The first kappa shape index (κ1) is 30.6. The number of phenols is 1. The van der Waals surface area contributed by atoms with Gasteiger partial charge in [0.05, 0.1) is 0 Å². The van der Waals surface area contributed by atoms with E-state index >= 15 is 0 Å². The number of hydrogen-bond acceptors (Lipinski definition) is 4. The number of phenolic OH excluding ortho intramolecular Hbond substituents is 1. The monoisotopic (exact) mass is 570 g/mol. The minimum Gasteiger partial charge on any atom is -0.508 e. The number of nitrogens with one attached hydrogen (secondary N) is 2. The Labute approximate surface area is 251 Å². The maximum Gasteiger partial charge on any atom is 0.120 e. The van der Waals surface area contributed by atoms with E-state index in [1.165, 1.54) is 33.4 Å². The van der Waals surface area contributed by atoms with Crippen molar-refractivity contribution in [1.82, 2.24) is 10.6 Å². The molecule has 5 heteroatoms. The van der Waals surface area contributed by atoms with Crippen molar-refractivity contribution in [3.63, 3.8) is 0 Å². The van der Waals surface area contributed by atoms with E-state index in [4.69, 9.17) is 4.74 Å². The summed E-state index contributed by atoms with van der Waals surface area (Å²) in [7, 11) is 0. The van der Waals surface area contributed by atoms with Crippen molar-refractivity contribution in [3.05, 3.63) is 130 Å². The summed E-state index contributed by atoms with van der Waals surface area (Å²) in [5.74, 6) is 2.49. The van der Waals surface area contributed by atoms with Crippen LogP contribution in [0, 0.1) is 0 Å². The van der Waals surface area contributed by atoms with Gasteiger partial charge in [0.1, 0.15) is 18.1 Å². The SMILES string of the molecule is CC1CNCCc2c1ccc(O)c2Cc1ccccc1.CC1CNCCc2cc(OCc3ccccc3)ccc21.Cl. The van der Waals surface area contributed by atoms with Crippen LogP contribution >= 0.6 is 12.4 Å². The van der Waals surface area contributed by atoms with Crippen LogP contribution in [0.15, 0.2) is 91.0 Å². The fraction of sp³-hybridized carbons (Fsp3) is 0.333. The number of benzene rings is 4. The normalized spacial score (nSPS) is 17.8. The maximum absolute atomic E-state index is 10.3. The molecular formula is C36H43ClN2O2. The van der Waals surface area contributed by atoms with E-state index in [-0.39, 0.29) is 12.4 Å². The van der Waals surface area contributed by atoms with Gasteiger partial charge in [-0.05, 0) is 89.3 Å². The number of aromatic hydroxyl groups is 1. The fourth-order valence-corrected chi connectivity index (χ4v) is 5.86. The van der Waals surface area contributed by atoms with E-state index in [1.807, 2.05) is 30.3 Å². The molecule has 0 saturated heterocycles. The maximum atomic E-state index is 10.3. The molecule has 0 spiro atoms. The van der Waals surface area contributed by atoms with Crippen molar-refractivity contribution >= 4 is 12.4 Å². The van der Waals surface area contributed by atoms with Gasteiger partial charge in [-0.25, -0.2) is 0 Å². The lowest BCUT2D eigenvalue weighted by atomic mass is 9.88. The highest BCUT2D eigenvalue weighted by atomic mass is 35.5. The van der Waals surface area contributed by atoms with Crippen molar-refractivity contribution in [2.45, 2.75) is 51.6 Å². The summed E-state index contributed by atoms with van der Waals surface area (Å²) in [6.45, 7) is 9.29. The molecule has 0 aliphatic carbocycles. The van der Waals surface area contributed by atoms with Gasteiger partial charge in [-0.1, -0.05) is 86.6 Å². The molecule has 2 heterocycles. The van der Waals surface area contributed by atoms with Crippen molar-refractivity contribution in [3.8, 4) is 11.5 Å². The molecule has 4 nitrogen and oxygen atoms in total. The molecule has 2 unspecified atom stereocenters. The van der Waals surface area contributed by atoms with Gasteiger partial charge in [-0.3, -0.25) is 0 Å². The number of ether oxygens (including phenoxy) is 1. The summed E-state index contributed by atoms with van der Waals surface area (Å²) in [5.41, 5.74) is 9.17. The standard InChI is InChI=1S/2C18H21NO.ClH/c1-14-12-19-10-9-16-11-17(7-8-18(14)16)20-13-15-5-3-2-4-6-15;1-13-12-19-10-9-16-15(13)7-8-18(20)17(16)11-14-5-3-2-4-6-14;/h2-8,11,14,19H,9-10,12-13H2,1H3;2-8,13,19-20H,9-12H2,1H3;1H. The Morgan fingerprint density at radius 2 is 1.34 bits per heavy atom. The molecule has 0 fully saturated rings. The molecule has 3 N–H and O–H groups in total. The van der Waals surface area contributed by atoms with E-state index in [2.05, 4.69) is 85.1 Å². The molecule has 0 saturated carbocycles. The summed E-state index contributed by atoms with van der Waals surface area (Å²) >= 11 is 0. The van der Waals surface area contributed by atoms with Gasteiger partial charge >= 0.3 is 0 Å². The van der Waals surface area contributed by atoms with Crippen LogP contribution in [0.2, 0.25) is 0 Å². The van der Waals surface area contributed by atoms with E-state index in [0.717, 1.165) is 56.8 Å². The topological polar surface area (TPSA) is 53.5 Å². The van der Waals surface area contributed by atoms with Crippen LogP contribution in [0.5, 0.6) is 11.5 Å². The molecule has 2 atom stereocenters. The molecule has 4 aromatic carbocycles. The Morgan fingerprint density at radius 1 is 0.732 bits per heavy atom. The molecule has 2 aliphatic rings. The van der Waals surface area contributed by atoms with Gasteiger partial charge < -0.3 is 20.5 Å². The number of rotatable bonds is 5. The first-order valence-electron chi connectivity index (χ1n) is 14.7. The van der Waals surface area contributed by atoms with E-state index in [1.54, 1.807) is 0 Å². The lowest BCUT2D eigenvalue weighted by Crippen LogP contribution is -2.18. The average Bonchev–Trinajstić information content (AvgIpc) is 3.29. The Bertz CT molecular complexity index is 1380. The highest BCUT2D eigenvalue weighted by Gasteiger charge is 2.20. The predicted octanol–water partition coefficient (Wildman–Crippen LogP) is 7.17. The second-order valence-corrected chi connectivity index (χ2v) is 11.1. The molecule has 0 aromatic heterocycles. The van der Waals surface area contributed by atoms with Gasteiger partial charge in [-0.2, -0.15) is 0 Å². The molecular weight excluding hydrogens is 528 g/mol. The average molecular weight is 571 g/mol. The molecule has 2 aliphatic heterocycles. The van der Waals surface area contributed by atoms with Crippen molar-refractivity contribution in [1.29, 1.82) is 0 Å². The Hall–Kier alpha value is -3.31. The van der Waals surface area contributed by atoms with Gasteiger partial charge in [0.2, 0.25) is 0 Å². The van der Waals surface area contributed by atoms with Crippen molar-refractivity contribution in [2.75, 3.05) is 26.2 Å². The highest BCUT2D eigenvalue weighted by molar-refractivity contribution is 5.85. The Balaban J connectivity index is 0.000000184. The van der Waals surface area contributed by atoms with Crippen LogP contribution < -0.4 is 15.4 Å². The minimum absolute atomic E-state index is 0. The van der Waals surface area contributed by atoms with Crippen LogP contribution in [0.4, 0.5) is 0 Å². The van der Waals surface area contributed by atoms with E-state index < -0.39 is 0 Å². The third-order valence-corrected chi connectivity index (χ3v) is 8.11. The molecule has 0 bridgehead atoms. The number of hydrogen-bond donors (Lipinski definition) is 3. The van der Waals surface area contributed by atoms with Crippen LogP contribution in [0.25, 0.3) is 0 Å². The van der Waals surface area contributed by atoms with E-state index in [9.17, 15) is 5.11 Å². The third kappa shape index (κ3) is 8.13. The fourth-order valence-electron chi connectivity index (χ4n) is 5.86. The zero-order valence-corrected chi connectivity index (χ0v) is 25.1. The first-order chi connectivity index (χ1) is 19.6. The van der Waals surface area contributed by atoms with Gasteiger partial charge in [0, 0.05) is 25.1 Å². The largest absolute Gasteiger partial charge is 0.508 e. The van der Waals surface area contributed by atoms with Crippen molar-refractivity contribution in [2.24, 2.45) is 0 Å². The van der Waals surface area contributed by atoms with Crippen LogP contribution in [-0.4, -0.2) is 31.3 Å². The predicted molar refractivity (Wildman–Crippen MR) is 172 cm³/mol. The minimum atomic E-state index is 0. The molecule has 216 valence electrons. The summed E-state index contributed by atoms with van der Waals surface area (Å²) in [6, 6.07) is 31.2. The smallest absolute Gasteiger partial charge is 0.120 e. The van der Waals surface area contributed by atoms with Gasteiger partial charge in [-0.15, -0.1) is 12.4 Å². The summed E-state index contributed by atoms with van der Waals surface area (Å²) < 4.78 is 5.91. The second-order valence-electron chi connectivity index (χ2n) is 11.1. The Kier molecular flexibility index (Phi) is 11.3. The van der Waals surface area contributed by atoms with Crippen LogP contribution in [0.1, 0.15) is 64.6 Å².